The largest absolute Gasteiger partial charge is 0.478 e. The predicted molar refractivity (Wildman–Crippen MR) is 46.4 cm³/mol. The Labute approximate surface area is 84.4 Å². The van der Waals surface area contributed by atoms with E-state index in [1.54, 1.807) is 0 Å². The van der Waals surface area contributed by atoms with Crippen molar-refractivity contribution in [3.05, 3.63) is 29.1 Å². The van der Waals surface area contributed by atoms with Crippen molar-refractivity contribution in [2.75, 3.05) is 0 Å². The summed E-state index contributed by atoms with van der Waals surface area (Å²) in [4.78, 5) is 9.25. The van der Waals surface area contributed by atoms with Crippen LogP contribution in [0, 0.1) is 12.7 Å². The fraction of sp³-hybridized carbons (Fsp3) is 0.125. The highest BCUT2D eigenvalue weighted by Crippen LogP contribution is 2.22. The number of benzene rings is 1. The number of carboxylic acids is 1. The highest BCUT2D eigenvalue weighted by atomic mass is 32.3. The zero-order chi connectivity index (χ0) is 11.8. The number of carbonyl (C=O) groups is 1. The molecule has 0 saturated heterocycles. The van der Waals surface area contributed by atoms with Gasteiger partial charge in [0.25, 0.3) is 0 Å². The molecule has 0 aliphatic heterocycles. The summed E-state index contributed by atoms with van der Waals surface area (Å²) in [6, 6.07) is 1.66. The van der Waals surface area contributed by atoms with Gasteiger partial charge in [0.05, 0.1) is 5.56 Å². The van der Waals surface area contributed by atoms with Crippen LogP contribution in [0.3, 0.4) is 0 Å². The molecule has 0 unspecified atom stereocenters. The molecule has 0 saturated carbocycles. The second-order valence-corrected chi connectivity index (χ2v) is 4.18. The minimum absolute atomic E-state index is 0.144. The zero-order valence-electron chi connectivity index (χ0n) is 7.49. The fourth-order valence-electron chi connectivity index (χ4n) is 1.07. The van der Waals surface area contributed by atoms with Crippen molar-refractivity contribution >= 4 is 16.2 Å². The van der Waals surface area contributed by atoms with Gasteiger partial charge in [-0.15, -0.1) is 3.89 Å². The maximum atomic E-state index is 13.2. The number of aryl methyl sites for hydroxylation is 1. The van der Waals surface area contributed by atoms with Crippen molar-refractivity contribution < 1.29 is 26.6 Å². The smallest absolute Gasteiger partial charge is 0.338 e. The molecule has 1 aromatic carbocycles. The number of hydrogen-bond donors (Lipinski definition) is 1. The van der Waals surface area contributed by atoms with E-state index in [1.165, 1.54) is 6.92 Å². The third-order valence-corrected chi connectivity index (χ3v) is 2.50. The van der Waals surface area contributed by atoms with Gasteiger partial charge < -0.3 is 5.11 Å². The molecule has 4 nitrogen and oxygen atoms in total. The molecule has 0 bridgehead atoms. The molecule has 0 amide bonds. The average Bonchev–Trinajstić information content (AvgIpc) is 2.06. The van der Waals surface area contributed by atoms with E-state index in [9.17, 15) is 21.5 Å². The maximum absolute atomic E-state index is 13.2. The van der Waals surface area contributed by atoms with Gasteiger partial charge in [-0.25, -0.2) is 9.18 Å². The molecule has 82 valence electrons. The highest BCUT2D eigenvalue weighted by molar-refractivity contribution is 7.86. The molecule has 1 aromatic rings. The van der Waals surface area contributed by atoms with Gasteiger partial charge in [-0.05, 0) is 24.6 Å². The first-order valence-electron chi connectivity index (χ1n) is 3.71. The Balaban J connectivity index is 3.63. The number of aromatic carboxylic acids is 1. The Kier molecular flexibility index (Phi) is 2.76. The van der Waals surface area contributed by atoms with Crippen LogP contribution in [-0.2, 0) is 10.2 Å². The monoisotopic (exact) mass is 236 g/mol. The summed E-state index contributed by atoms with van der Waals surface area (Å²) < 4.78 is 46.7. The first-order valence-corrected chi connectivity index (χ1v) is 5.10. The van der Waals surface area contributed by atoms with Crippen LogP contribution in [0.25, 0.3) is 0 Å². The minimum atomic E-state index is -5.25. The Hall–Kier alpha value is -1.50. The standard InChI is InChI=1S/C8H6F2O4S/c1-4-2-5(8(11)12)7(9)6(3-4)15(10,13)14/h2-3H,1H3,(H,11,12). The molecular formula is C8H6F2O4S. The van der Waals surface area contributed by atoms with Crippen molar-refractivity contribution in [2.24, 2.45) is 0 Å². The van der Waals surface area contributed by atoms with Gasteiger partial charge in [0.1, 0.15) is 4.90 Å². The van der Waals surface area contributed by atoms with Gasteiger partial charge in [-0.3, -0.25) is 0 Å². The lowest BCUT2D eigenvalue weighted by atomic mass is 10.1. The fourth-order valence-corrected chi connectivity index (χ4v) is 1.72. The molecule has 0 fully saturated rings. The predicted octanol–water partition coefficient (Wildman–Crippen LogP) is 1.49. The molecule has 0 heterocycles. The molecule has 1 N–H and O–H groups in total. The Bertz CT molecular complexity index is 522. The third-order valence-electron chi connectivity index (χ3n) is 1.68. The van der Waals surface area contributed by atoms with E-state index in [4.69, 9.17) is 5.11 Å². The van der Waals surface area contributed by atoms with Crippen LogP contribution < -0.4 is 0 Å². The number of rotatable bonds is 2. The SMILES string of the molecule is Cc1cc(C(=O)O)c(F)c(S(=O)(=O)F)c1. The topological polar surface area (TPSA) is 71.4 Å². The van der Waals surface area contributed by atoms with Crippen LogP contribution in [0.4, 0.5) is 8.28 Å². The van der Waals surface area contributed by atoms with Crippen molar-refractivity contribution in [3.8, 4) is 0 Å². The molecule has 1 rings (SSSR count). The van der Waals surface area contributed by atoms with Crippen molar-refractivity contribution in [3.63, 3.8) is 0 Å². The molecule has 0 spiro atoms. The van der Waals surface area contributed by atoms with E-state index in [0.29, 0.717) is 0 Å². The summed E-state index contributed by atoms with van der Waals surface area (Å²) in [5.74, 6) is -3.24. The summed E-state index contributed by atoms with van der Waals surface area (Å²) in [7, 11) is -5.25. The lowest BCUT2D eigenvalue weighted by Gasteiger charge is -2.03. The zero-order valence-corrected chi connectivity index (χ0v) is 8.31. The molecule has 7 heteroatoms. The number of hydrogen-bond acceptors (Lipinski definition) is 3. The van der Waals surface area contributed by atoms with Gasteiger partial charge in [0, 0.05) is 0 Å². The normalized spacial score (nSPS) is 11.4. The minimum Gasteiger partial charge on any atom is -0.478 e. The first kappa shape index (κ1) is 11.6. The summed E-state index contributed by atoms with van der Waals surface area (Å²) in [6.45, 7) is 1.33. The van der Waals surface area contributed by atoms with Crippen molar-refractivity contribution in [1.82, 2.24) is 0 Å². The second kappa shape index (κ2) is 3.58. The van der Waals surface area contributed by atoms with E-state index in [0.717, 1.165) is 12.1 Å². The number of carboxylic acid groups (broad SMARTS) is 1. The molecular weight excluding hydrogens is 230 g/mol. The van der Waals surface area contributed by atoms with Crippen LogP contribution in [0.5, 0.6) is 0 Å². The quantitative estimate of drug-likeness (QED) is 0.789. The molecule has 0 aromatic heterocycles. The van der Waals surface area contributed by atoms with E-state index >= 15 is 0 Å². The lowest BCUT2D eigenvalue weighted by molar-refractivity contribution is 0.0691. The van der Waals surface area contributed by atoms with E-state index in [1.807, 2.05) is 0 Å². The van der Waals surface area contributed by atoms with Crippen molar-refractivity contribution in [1.29, 1.82) is 0 Å². The van der Waals surface area contributed by atoms with Gasteiger partial charge in [0.2, 0.25) is 0 Å². The van der Waals surface area contributed by atoms with Crippen LogP contribution in [0.2, 0.25) is 0 Å². The van der Waals surface area contributed by atoms with Crippen LogP contribution >= 0.6 is 0 Å². The Morgan fingerprint density at radius 1 is 1.40 bits per heavy atom. The van der Waals surface area contributed by atoms with Crippen LogP contribution in [-0.4, -0.2) is 19.5 Å². The van der Waals surface area contributed by atoms with Gasteiger partial charge in [-0.1, -0.05) is 0 Å². The summed E-state index contributed by atoms with van der Waals surface area (Å²) >= 11 is 0. The van der Waals surface area contributed by atoms with Crippen molar-refractivity contribution in [2.45, 2.75) is 11.8 Å². The van der Waals surface area contributed by atoms with Gasteiger partial charge in [0.15, 0.2) is 5.82 Å². The molecule has 0 aliphatic rings. The Morgan fingerprint density at radius 2 is 1.93 bits per heavy atom. The number of halogens is 2. The highest BCUT2D eigenvalue weighted by Gasteiger charge is 2.23. The second-order valence-electron chi connectivity index (χ2n) is 2.87. The molecule has 0 atom stereocenters. The van der Waals surface area contributed by atoms with Crippen LogP contribution in [0.1, 0.15) is 15.9 Å². The lowest BCUT2D eigenvalue weighted by Crippen LogP contribution is -2.06. The molecule has 15 heavy (non-hydrogen) atoms. The van der Waals surface area contributed by atoms with Gasteiger partial charge in [-0.2, -0.15) is 8.42 Å². The van der Waals surface area contributed by atoms with E-state index in [-0.39, 0.29) is 5.56 Å². The first-order chi connectivity index (χ1) is 6.73. The average molecular weight is 236 g/mol. The van der Waals surface area contributed by atoms with E-state index in [2.05, 4.69) is 0 Å². The maximum Gasteiger partial charge on any atom is 0.338 e. The summed E-state index contributed by atoms with van der Waals surface area (Å²) in [5.41, 5.74) is -0.726. The summed E-state index contributed by atoms with van der Waals surface area (Å²) in [5, 5.41) is 8.52. The van der Waals surface area contributed by atoms with E-state index < -0.39 is 32.5 Å². The molecule has 0 radical (unpaired) electrons. The van der Waals surface area contributed by atoms with Gasteiger partial charge >= 0.3 is 16.2 Å². The third kappa shape index (κ3) is 2.30. The summed E-state index contributed by atoms with van der Waals surface area (Å²) in [6.07, 6.45) is 0. The Morgan fingerprint density at radius 3 is 2.33 bits per heavy atom. The molecule has 0 aliphatic carbocycles. The van der Waals surface area contributed by atoms with Crippen LogP contribution in [0.15, 0.2) is 17.0 Å².